The summed E-state index contributed by atoms with van der Waals surface area (Å²) in [7, 11) is -3.99. The van der Waals surface area contributed by atoms with Gasteiger partial charge in [0.2, 0.25) is 0 Å². The van der Waals surface area contributed by atoms with Crippen LogP contribution in [0.1, 0.15) is 27.2 Å². The molecule has 1 aromatic heterocycles. The molecule has 164 valence electrons. The Labute approximate surface area is 185 Å². The third-order valence-corrected chi connectivity index (χ3v) is 7.06. The van der Waals surface area contributed by atoms with E-state index in [0.29, 0.717) is 49.5 Å². The van der Waals surface area contributed by atoms with E-state index in [0.717, 1.165) is 22.3 Å². The van der Waals surface area contributed by atoms with Crippen molar-refractivity contribution in [1.29, 1.82) is 0 Å². The van der Waals surface area contributed by atoms with E-state index in [1.54, 1.807) is 6.07 Å². The molecular weight excluding hydrogens is 428 g/mol. The molecule has 0 spiro atoms. The zero-order valence-electron chi connectivity index (χ0n) is 17.2. The molecule has 4 N–H and O–H groups in total. The van der Waals surface area contributed by atoms with E-state index in [2.05, 4.69) is 15.0 Å². The van der Waals surface area contributed by atoms with Crippen LogP contribution in [0.25, 0.3) is 11.1 Å². The van der Waals surface area contributed by atoms with E-state index < -0.39 is 10.0 Å². The minimum Gasteiger partial charge on any atom is -0.492 e. The van der Waals surface area contributed by atoms with Crippen molar-refractivity contribution in [2.45, 2.75) is 24.3 Å². The van der Waals surface area contributed by atoms with Crippen LogP contribution in [-0.4, -0.2) is 32.5 Å². The maximum absolute atomic E-state index is 13.4. The van der Waals surface area contributed by atoms with Crippen molar-refractivity contribution in [3.05, 3.63) is 71.0 Å². The Morgan fingerprint density at radius 3 is 2.69 bits per heavy atom. The molecule has 0 atom stereocenters. The van der Waals surface area contributed by atoms with E-state index in [1.165, 1.54) is 12.3 Å². The average molecular weight is 451 g/mol. The average Bonchev–Trinajstić information content (AvgIpc) is 3.27. The molecule has 0 bridgehead atoms. The largest absolute Gasteiger partial charge is 0.492 e. The summed E-state index contributed by atoms with van der Waals surface area (Å²) in [5.74, 6) is 0.107. The first kappa shape index (κ1) is 20.5. The second-order valence-corrected chi connectivity index (χ2v) is 9.44. The summed E-state index contributed by atoms with van der Waals surface area (Å²) in [6.07, 6.45) is 2.68. The normalized spacial score (nSPS) is 14.8. The number of hydrogen-bond donors (Lipinski definition) is 3. The Morgan fingerprint density at radius 1 is 1.09 bits per heavy atom. The van der Waals surface area contributed by atoms with Crippen molar-refractivity contribution in [1.82, 2.24) is 10.3 Å². The highest BCUT2D eigenvalue weighted by Gasteiger charge is 2.28. The van der Waals surface area contributed by atoms with Gasteiger partial charge in [0.05, 0.1) is 29.7 Å². The highest BCUT2D eigenvalue weighted by molar-refractivity contribution is 7.92. The molecule has 3 aromatic rings. The molecule has 0 aliphatic carbocycles. The number of nitrogens with one attached hydrogen (secondary N) is 2. The predicted molar refractivity (Wildman–Crippen MR) is 120 cm³/mol. The smallest absolute Gasteiger partial charge is 0.265 e. The van der Waals surface area contributed by atoms with Gasteiger partial charge < -0.3 is 15.8 Å². The first-order valence-corrected chi connectivity index (χ1v) is 11.8. The van der Waals surface area contributed by atoms with Gasteiger partial charge in [-0.15, -0.1) is 0 Å². The van der Waals surface area contributed by atoms with Gasteiger partial charge in [-0.1, -0.05) is 24.3 Å². The lowest BCUT2D eigenvalue weighted by Crippen LogP contribution is -2.32. The minimum atomic E-state index is -3.99. The standard InChI is InChI=1S/C23H22N4O4S/c24-12-14-1-3-15(4-2-14)17-9-16-6-8-31-22(16)21(10-17)32(29,30)27-18-11-19-20(26-13-18)5-7-25-23(19)28/h1-4,9-11,13,27H,5-8,12,24H2,(H,25,28). The molecule has 1 amide bonds. The molecular formula is C23H22N4O4S. The van der Waals surface area contributed by atoms with E-state index in [4.69, 9.17) is 10.5 Å². The fourth-order valence-electron chi connectivity index (χ4n) is 4.02. The minimum absolute atomic E-state index is 0.0626. The van der Waals surface area contributed by atoms with Crippen LogP contribution >= 0.6 is 0 Å². The number of benzene rings is 2. The number of ether oxygens (including phenoxy) is 1. The van der Waals surface area contributed by atoms with Gasteiger partial charge >= 0.3 is 0 Å². The lowest BCUT2D eigenvalue weighted by molar-refractivity contribution is 0.0945. The van der Waals surface area contributed by atoms with Crippen molar-refractivity contribution in [2.75, 3.05) is 17.9 Å². The number of rotatable bonds is 5. The van der Waals surface area contributed by atoms with E-state index in [9.17, 15) is 13.2 Å². The number of carbonyl (C=O) groups excluding carboxylic acids is 1. The number of hydrogen-bond acceptors (Lipinski definition) is 6. The van der Waals surface area contributed by atoms with Crippen LogP contribution in [0.2, 0.25) is 0 Å². The highest BCUT2D eigenvalue weighted by atomic mass is 32.2. The number of amides is 1. The van der Waals surface area contributed by atoms with Crippen LogP contribution in [-0.2, 0) is 29.4 Å². The summed E-state index contributed by atoms with van der Waals surface area (Å²) in [5, 5.41) is 2.74. The SMILES string of the molecule is NCc1ccc(-c2cc3c(c(S(=O)(=O)Nc4cnc5c(c4)C(=O)NCC5)c2)OCC3)cc1. The highest BCUT2D eigenvalue weighted by Crippen LogP contribution is 2.38. The monoisotopic (exact) mass is 450 g/mol. The Balaban J connectivity index is 1.54. The van der Waals surface area contributed by atoms with E-state index >= 15 is 0 Å². The zero-order valence-corrected chi connectivity index (χ0v) is 18.0. The Kier molecular flexibility index (Phi) is 5.07. The molecule has 0 saturated carbocycles. The molecule has 5 rings (SSSR count). The quantitative estimate of drug-likeness (QED) is 0.548. The third-order valence-electron chi connectivity index (χ3n) is 5.68. The van der Waals surface area contributed by atoms with E-state index in [-0.39, 0.29) is 16.5 Å². The fraction of sp³-hybridized carbons (Fsp3) is 0.217. The number of fused-ring (bicyclic) bond motifs is 2. The Morgan fingerprint density at radius 2 is 1.91 bits per heavy atom. The van der Waals surface area contributed by atoms with Crippen molar-refractivity contribution >= 4 is 21.6 Å². The van der Waals surface area contributed by atoms with Gasteiger partial charge in [-0.05, 0) is 40.5 Å². The van der Waals surface area contributed by atoms with Crippen LogP contribution in [0.15, 0.2) is 53.6 Å². The zero-order chi connectivity index (χ0) is 22.3. The van der Waals surface area contributed by atoms with Gasteiger partial charge in [0.25, 0.3) is 15.9 Å². The molecule has 2 aliphatic heterocycles. The summed E-state index contributed by atoms with van der Waals surface area (Å²) in [4.78, 5) is 16.5. The molecule has 0 saturated heterocycles. The van der Waals surface area contributed by atoms with E-state index in [1.807, 2.05) is 30.3 Å². The number of aromatic nitrogens is 1. The molecule has 9 heteroatoms. The number of nitrogens with two attached hydrogens (primary N) is 1. The van der Waals surface area contributed by atoms with Crippen LogP contribution in [0, 0.1) is 0 Å². The van der Waals surface area contributed by atoms with Gasteiger partial charge in [0, 0.05) is 25.9 Å². The molecule has 32 heavy (non-hydrogen) atoms. The fourth-order valence-corrected chi connectivity index (χ4v) is 5.26. The van der Waals surface area contributed by atoms with Crippen molar-refractivity contribution in [3.63, 3.8) is 0 Å². The maximum Gasteiger partial charge on any atom is 0.265 e. The lowest BCUT2D eigenvalue weighted by Gasteiger charge is -2.17. The first-order chi connectivity index (χ1) is 15.4. The maximum atomic E-state index is 13.4. The summed E-state index contributed by atoms with van der Waals surface area (Å²) in [6, 6.07) is 12.8. The number of carbonyl (C=O) groups is 1. The predicted octanol–water partition coefficient (Wildman–Crippen LogP) is 2.23. The van der Waals surface area contributed by atoms with Crippen LogP contribution in [0.3, 0.4) is 0 Å². The summed E-state index contributed by atoms with van der Waals surface area (Å²) >= 11 is 0. The summed E-state index contributed by atoms with van der Waals surface area (Å²) in [6.45, 7) is 1.38. The third kappa shape index (κ3) is 3.69. The molecule has 3 heterocycles. The second-order valence-electron chi connectivity index (χ2n) is 7.79. The van der Waals surface area contributed by atoms with Gasteiger partial charge in [-0.3, -0.25) is 14.5 Å². The number of pyridine rings is 1. The molecule has 2 aliphatic rings. The summed E-state index contributed by atoms with van der Waals surface area (Å²) in [5.41, 5.74) is 10.5. The van der Waals surface area contributed by atoms with Crippen molar-refractivity contribution in [3.8, 4) is 16.9 Å². The molecule has 0 fully saturated rings. The number of anilines is 1. The molecule has 0 radical (unpaired) electrons. The Bertz CT molecular complexity index is 1320. The van der Waals surface area contributed by atoms with Gasteiger partial charge in [-0.25, -0.2) is 8.42 Å². The van der Waals surface area contributed by atoms with Gasteiger partial charge in [0.15, 0.2) is 0 Å². The van der Waals surface area contributed by atoms with Crippen molar-refractivity contribution < 1.29 is 17.9 Å². The summed E-state index contributed by atoms with van der Waals surface area (Å²) < 4.78 is 35.0. The second kappa shape index (κ2) is 7.92. The lowest BCUT2D eigenvalue weighted by atomic mass is 10.0. The Hall–Kier alpha value is -3.43. The molecule has 2 aromatic carbocycles. The van der Waals surface area contributed by atoms with Crippen LogP contribution < -0.4 is 20.5 Å². The first-order valence-electron chi connectivity index (χ1n) is 10.3. The van der Waals surface area contributed by atoms with Crippen LogP contribution in [0.5, 0.6) is 5.75 Å². The molecule has 0 unspecified atom stereocenters. The topological polar surface area (TPSA) is 123 Å². The number of sulfonamides is 1. The number of nitrogens with zero attached hydrogens (tertiary/aromatic N) is 1. The van der Waals surface area contributed by atoms with Gasteiger partial charge in [0.1, 0.15) is 10.6 Å². The van der Waals surface area contributed by atoms with Gasteiger partial charge in [-0.2, -0.15) is 0 Å². The van der Waals surface area contributed by atoms with Crippen LogP contribution in [0.4, 0.5) is 5.69 Å². The van der Waals surface area contributed by atoms with Crippen molar-refractivity contribution in [2.24, 2.45) is 5.73 Å². The molecule has 8 nitrogen and oxygen atoms in total.